The van der Waals surface area contributed by atoms with Crippen LogP contribution < -0.4 is 10.1 Å². The Labute approximate surface area is 140 Å². The van der Waals surface area contributed by atoms with E-state index in [1.54, 1.807) is 0 Å². The van der Waals surface area contributed by atoms with E-state index in [1.807, 2.05) is 44.2 Å². The molecular weight excluding hydrogens is 310 g/mol. The number of hydrogen-bond donors (Lipinski definition) is 1. The molecule has 0 saturated carbocycles. The van der Waals surface area contributed by atoms with E-state index in [2.05, 4.69) is 5.32 Å². The Morgan fingerprint density at radius 3 is 2.96 bits per heavy atom. The summed E-state index contributed by atoms with van der Waals surface area (Å²) in [7, 11) is 0. The average Bonchev–Trinajstić information content (AvgIpc) is 3.16. The molecule has 3 rings (SSSR count). The molecule has 1 N–H and O–H groups in total. The molecule has 1 unspecified atom stereocenters. The van der Waals surface area contributed by atoms with Crippen LogP contribution in [0.4, 0.5) is 5.69 Å². The van der Waals surface area contributed by atoms with E-state index in [0.717, 1.165) is 41.3 Å². The Hall–Kier alpha value is -1.85. The van der Waals surface area contributed by atoms with Crippen molar-refractivity contribution in [2.75, 3.05) is 18.5 Å². The molecule has 1 amide bonds. The molecule has 1 aliphatic rings. The van der Waals surface area contributed by atoms with Crippen molar-refractivity contribution < 1.29 is 14.3 Å². The fraction of sp³-hybridized carbons (Fsp3) is 0.389. The van der Waals surface area contributed by atoms with Crippen LogP contribution in [-0.4, -0.2) is 25.2 Å². The molecule has 0 aliphatic carbocycles. The number of benzene rings is 1. The molecule has 1 aromatic carbocycles. The standard InChI is InChI=1S/C18H21NO3S/c1-12-9-17(23-13(12)2)18(20)19-14-5-3-6-15(10-14)22-11-16-7-4-8-21-16/h3,5-6,9-10,16H,4,7-8,11H2,1-2H3,(H,19,20). The number of amides is 1. The second-order valence-electron chi connectivity index (χ2n) is 5.78. The van der Waals surface area contributed by atoms with Gasteiger partial charge in [-0.2, -0.15) is 0 Å². The first kappa shape index (κ1) is 16.0. The Kier molecular flexibility index (Phi) is 4.98. The van der Waals surface area contributed by atoms with Gasteiger partial charge < -0.3 is 14.8 Å². The number of carbonyl (C=O) groups is 1. The highest BCUT2D eigenvalue weighted by Crippen LogP contribution is 2.23. The van der Waals surface area contributed by atoms with E-state index in [1.165, 1.54) is 16.2 Å². The molecule has 5 heteroatoms. The third-order valence-electron chi connectivity index (χ3n) is 3.94. The smallest absolute Gasteiger partial charge is 0.265 e. The van der Waals surface area contributed by atoms with Crippen molar-refractivity contribution >= 4 is 22.9 Å². The van der Waals surface area contributed by atoms with Crippen molar-refractivity contribution in [3.05, 3.63) is 45.6 Å². The summed E-state index contributed by atoms with van der Waals surface area (Å²) in [4.78, 5) is 14.2. The molecule has 1 aromatic heterocycles. The number of rotatable bonds is 5. The van der Waals surface area contributed by atoms with Gasteiger partial charge in [-0.25, -0.2) is 0 Å². The summed E-state index contributed by atoms with van der Waals surface area (Å²) in [6.45, 7) is 5.42. The molecule has 2 heterocycles. The number of anilines is 1. The zero-order valence-electron chi connectivity index (χ0n) is 13.4. The highest BCUT2D eigenvalue weighted by Gasteiger charge is 2.16. The van der Waals surface area contributed by atoms with Crippen molar-refractivity contribution in [3.63, 3.8) is 0 Å². The number of thiophene rings is 1. The SMILES string of the molecule is Cc1cc(C(=O)Nc2cccc(OCC3CCCO3)c2)sc1C. The fourth-order valence-electron chi connectivity index (χ4n) is 2.51. The number of aryl methyl sites for hydroxylation is 2. The van der Waals surface area contributed by atoms with Gasteiger partial charge >= 0.3 is 0 Å². The molecule has 1 fully saturated rings. The first-order valence-corrected chi connectivity index (χ1v) is 8.66. The summed E-state index contributed by atoms with van der Waals surface area (Å²) < 4.78 is 11.3. The summed E-state index contributed by atoms with van der Waals surface area (Å²) in [5, 5.41) is 2.93. The van der Waals surface area contributed by atoms with E-state index in [-0.39, 0.29) is 12.0 Å². The van der Waals surface area contributed by atoms with Crippen molar-refractivity contribution in [2.45, 2.75) is 32.8 Å². The molecule has 2 aromatic rings. The van der Waals surface area contributed by atoms with Gasteiger partial charge in [0, 0.05) is 23.2 Å². The summed E-state index contributed by atoms with van der Waals surface area (Å²) in [6.07, 6.45) is 2.34. The number of carbonyl (C=O) groups excluding carboxylic acids is 1. The van der Waals surface area contributed by atoms with Gasteiger partial charge in [0.05, 0.1) is 11.0 Å². The second kappa shape index (κ2) is 7.15. The first-order valence-electron chi connectivity index (χ1n) is 7.84. The number of hydrogen-bond acceptors (Lipinski definition) is 4. The van der Waals surface area contributed by atoms with Gasteiger partial charge in [0.25, 0.3) is 5.91 Å². The predicted molar refractivity (Wildman–Crippen MR) is 92.7 cm³/mol. The van der Waals surface area contributed by atoms with Gasteiger partial charge in [-0.1, -0.05) is 6.07 Å². The normalized spacial score (nSPS) is 17.2. The highest BCUT2D eigenvalue weighted by molar-refractivity contribution is 7.14. The third-order valence-corrected chi connectivity index (χ3v) is 5.09. The molecule has 0 bridgehead atoms. The van der Waals surface area contributed by atoms with Crippen molar-refractivity contribution in [1.29, 1.82) is 0 Å². The predicted octanol–water partition coefficient (Wildman–Crippen LogP) is 4.18. The van der Waals surface area contributed by atoms with Crippen molar-refractivity contribution in [3.8, 4) is 5.75 Å². The Morgan fingerprint density at radius 2 is 2.26 bits per heavy atom. The third kappa shape index (κ3) is 4.12. The monoisotopic (exact) mass is 331 g/mol. The maximum Gasteiger partial charge on any atom is 0.265 e. The zero-order chi connectivity index (χ0) is 16.2. The Morgan fingerprint density at radius 1 is 1.39 bits per heavy atom. The summed E-state index contributed by atoms with van der Waals surface area (Å²) >= 11 is 1.51. The van der Waals surface area contributed by atoms with Crippen molar-refractivity contribution in [1.82, 2.24) is 0 Å². The lowest BCUT2D eigenvalue weighted by molar-refractivity contribution is 0.0680. The topological polar surface area (TPSA) is 47.6 Å². The van der Waals surface area contributed by atoms with E-state index in [9.17, 15) is 4.79 Å². The van der Waals surface area contributed by atoms with E-state index in [0.29, 0.717) is 6.61 Å². The highest BCUT2D eigenvalue weighted by atomic mass is 32.1. The quantitative estimate of drug-likeness (QED) is 0.894. The summed E-state index contributed by atoms with van der Waals surface area (Å²) in [5.41, 5.74) is 1.89. The lowest BCUT2D eigenvalue weighted by atomic mass is 10.2. The van der Waals surface area contributed by atoms with E-state index >= 15 is 0 Å². The van der Waals surface area contributed by atoms with Crippen LogP contribution >= 0.6 is 11.3 Å². The average molecular weight is 331 g/mol. The second-order valence-corrected chi connectivity index (χ2v) is 7.03. The summed E-state index contributed by atoms with van der Waals surface area (Å²) in [6, 6.07) is 9.41. The van der Waals surface area contributed by atoms with Crippen LogP contribution in [0, 0.1) is 13.8 Å². The molecule has 1 atom stereocenters. The van der Waals surface area contributed by atoms with Gasteiger partial charge in [0.2, 0.25) is 0 Å². The van der Waals surface area contributed by atoms with Crippen molar-refractivity contribution in [2.24, 2.45) is 0 Å². The molecule has 0 spiro atoms. The van der Waals surface area contributed by atoms with Gasteiger partial charge in [0.15, 0.2) is 0 Å². The maximum atomic E-state index is 12.3. The zero-order valence-corrected chi connectivity index (χ0v) is 14.2. The minimum Gasteiger partial charge on any atom is -0.491 e. The summed E-state index contributed by atoms with van der Waals surface area (Å²) in [5.74, 6) is 0.666. The Bertz CT molecular complexity index is 670. The number of ether oxygens (including phenoxy) is 2. The van der Waals surface area contributed by atoms with Crippen LogP contribution in [0.15, 0.2) is 30.3 Å². The van der Waals surface area contributed by atoms with Gasteiger partial charge in [-0.3, -0.25) is 4.79 Å². The lowest BCUT2D eigenvalue weighted by Gasteiger charge is -2.12. The van der Waals surface area contributed by atoms with Crippen LogP contribution in [0.2, 0.25) is 0 Å². The maximum absolute atomic E-state index is 12.3. The van der Waals surface area contributed by atoms with Crippen LogP contribution in [0.5, 0.6) is 5.75 Å². The molecule has 1 saturated heterocycles. The molecule has 122 valence electrons. The van der Waals surface area contributed by atoms with Gasteiger partial charge in [0.1, 0.15) is 12.4 Å². The molecular formula is C18H21NO3S. The van der Waals surface area contributed by atoms with Crippen LogP contribution in [0.1, 0.15) is 33.0 Å². The lowest BCUT2D eigenvalue weighted by Crippen LogP contribution is -2.16. The van der Waals surface area contributed by atoms with E-state index in [4.69, 9.17) is 9.47 Å². The van der Waals surface area contributed by atoms with E-state index < -0.39 is 0 Å². The Balaban J connectivity index is 1.61. The van der Waals surface area contributed by atoms with Gasteiger partial charge in [-0.15, -0.1) is 11.3 Å². The van der Waals surface area contributed by atoms with Crippen LogP contribution in [0.25, 0.3) is 0 Å². The minimum absolute atomic E-state index is 0.0810. The van der Waals surface area contributed by atoms with Crippen LogP contribution in [-0.2, 0) is 4.74 Å². The molecule has 4 nitrogen and oxygen atoms in total. The van der Waals surface area contributed by atoms with Gasteiger partial charge in [-0.05, 0) is 50.5 Å². The molecule has 23 heavy (non-hydrogen) atoms. The first-order chi connectivity index (χ1) is 11.1. The van der Waals surface area contributed by atoms with Crippen LogP contribution in [0.3, 0.4) is 0 Å². The molecule has 1 aliphatic heterocycles. The fourth-order valence-corrected chi connectivity index (χ4v) is 3.44. The minimum atomic E-state index is -0.0810. The largest absolute Gasteiger partial charge is 0.491 e. The molecule has 0 radical (unpaired) electrons. The number of nitrogens with one attached hydrogen (secondary N) is 1.